The monoisotopic (exact) mass is 361 g/mol. The Morgan fingerprint density at radius 1 is 1.12 bits per heavy atom. The molecule has 0 aromatic heterocycles. The molecule has 0 aliphatic carbocycles. The molecule has 26 heavy (non-hydrogen) atoms. The Balaban J connectivity index is 1.91. The molecule has 1 aliphatic heterocycles. The molecule has 1 aromatic carbocycles. The molecule has 1 heterocycles. The minimum absolute atomic E-state index is 0.220. The van der Waals surface area contributed by atoms with Gasteiger partial charge in [-0.2, -0.15) is 0 Å². The third kappa shape index (κ3) is 3.88. The fourth-order valence-electron chi connectivity index (χ4n) is 2.31. The van der Waals surface area contributed by atoms with Gasteiger partial charge in [0.2, 0.25) is 5.91 Å². The van der Waals surface area contributed by atoms with E-state index in [-0.39, 0.29) is 23.6 Å². The van der Waals surface area contributed by atoms with Gasteiger partial charge < -0.3 is 15.0 Å². The summed E-state index contributed by atoms with van der Waals surface area (Å²) in [4.78, 5) is 61.8. The average Bonchev–Trinajstić information content (AvgIpc) is 2.88. The van der Waals surface area contributed by atoms with Crippen LogP contribution in [0.5, 0.6) is 0 Å². The highest BCUT2D eigenvalue weighted by Crippen LogP contribution is 2.24. The maximum absolute atomic E-state index is 12.3. The SMILES string of the molecule is C[C@H](C(=O)OCC(=O)NCC(=O)N(C)C)N1C(=O)c2ccccc2C1=O. The molecule has 0 saturated carbocycles. The Labute approximate surface area is 149 Å². The van der Waals surface area contributed by atoms with Gasteiger partial charge >= 0.3 is 5.97 Å². The third-order valence-electron chi connectivity index (χ3n) is 3.83. The minimum atomic E-state index is -1.18. The van der Waals surface area contributed by atoms with Gasteiger partial charge in [-0.15, -0.1) is 0 Å². The van der Waals surface area contributed by atoms with Crippen LogP contribution in [0.25, 0.3) is 0 Å². The number of imide groups is 1. The van der Waals surface area contributed by atoms with Crippen molar-refractivity contribution in [3.63, 3.8) is 0 Å². The van der Waals surface area contributed by atoms with Crippen LogP contribution in [0.15, 0.2) is 24.3 Å². The van der Waals surface area contributed by atoms with Crippen LogP contribution in [0.2, 0.25) is 0 Å². The highest BCUT2D eigenvalue weighted by molar-refractivity contribution is 6.22. The lowest BCUT2D eigenvalue weighted by Crippen LogP contribution is -2.45. The first kappa shape index (κ1) is 19.1. The van der Waals surface area contributed by atoms with E-state index in [0.717, 1.165) is 4.90 Å². The van der Waals surface area contributed by atoms with Crippen molar-refractivity contribution in [2.75, 3.05) is 27.2 Å². The Morgan fingerprint density at radius 2 is 1.65 bits per heavy atom. The number of benzene rings is 1. The zero-order valence-electron chi connectivity index (χ0n) is 14.6. The van der Waals surface area contributed by atoms with Gasteiger partial charge in [0.1, 0.15) is 6.04 Å². The van der Waals surface area contributed by atoms with Crippen LogP contribution in [-0.2, 0) is 19.1 Å². The van der Waals surface area contributed by atoms with Gasteiger partial charge in [0.05, 0.1) is 17.7 Å². The normalized spacial score (nSPS) is 13.9. The van der Waals surface area contributed by atoms with E-state index in [1.165, 1.54) is 38.1 Å². The number of rotatable bonds is 6. The van der Waals surface area contributed by atoms with E-state index >= 15 is 0 Å². The molecule has 0 saturated heterocycles. The summed E-state index contributed by atoms with van der Waals surface area (Å²) in [6, 6.07) is 5.07. The van der Waals surface area contributed by atoms with Crippen molar-refractivity contribution in [2.45, 2.75) is 13.0 Å². The molecule has 1 aromatic rings. The molecule has 9 nitrogen and oxygen atoms in total. The van der Waals surface area contributed by atoms with Gasteiger partial charge in [0.15, 0.2) is 6.61 Å². The van der Waals surface area contributed by atoms with Gasteiger partial charge in [-0.1, -0.05) is 12.1 Å². The van der Waals surface area contributed by atoms with Crippen molar-refractivity contribution in [2.24, 2.45) is 0 Å². The van der Waals surface area contributed by atoms with Crippen molar-refractivity contribution in [3.8, 4) is 0 Å². The molecule has 4 amide bonds. The van der Waals surface area contributed by atoms with Crippen LogP contribution in [0.4, 0.5) is 0 Å². The molecular formula is C17H19N3O6. The minimum Gasteiger partial charge on any atom is -0.454 e. The number of hydrogen-bond acceptors (Lipinski definition) is 6. The Kier molecular flexibility index (Phi) is 5.71. The van der Waals surface area contributed by atoms with Crippen LogP contribution in [0, 0.1) is 0 Å². The van der Waals surface area contributed by atoms with Crippen molar-refractivity contribution in [1.29, 1.82) is 0 Å². The fourth-order valence-corrected chi connectivity index (χ4v) is 2.31. The van der Waals surface area contributed by atoms with Crippen molar-refractivity contribution < 1.29 is 28.7 Å². The van der Waals surface area contributed by atoms with Gasteiger partial charge in [0, 0.05) is 14.1 Å². The Bertz CT molecular complexity index is 739. The van der Waals surface area contributed by atoms with Crippen LogP contribution in [0.3, 0.4) is 0 Å². The number of nitrogens with zero attached hydrogens (tertiary/aromatic N) is 2. The lowest BCUT2D eigenvalue weighted by atomic mass is 10.1. The average molecular weight is 361 g/mol. The quantitative estimate of drug-likeness (QED) is 0.536. The summed E-state index contributed by atoms with van der Waals surface area (Å²) in [6.07, 6.45) is 0. The standard InChI is InChI=1S/C17H19N3O6/c1-10(17(25)26-9-13(21)18-8-14(22)19(2)3)20-15(23)11-6-4-5-7-12(11)16(20)24/h4-7,10H,8-9H2,1-3H3,(H,18,21)/t10-/m1/s1. The smallest absolute Gasteiger partial charge is 0.329 e. The lowest BCUT2D eigenvalue weighted by molar-refractivity contribution is -0.152. The summed E-state index contributed by atoms with van der Waals surface area (Å²) in [7, 11) is 3.08. The summed E-state index contributed by atoms with van der Waals surface area (Å²) in [5, 5.41) is 2.30. The highest BCUT2D eigenvalue weighted by Gasteiger charge is 2.41. The topological polar surface area (TPSA) is 113 Å². The van der Waals surface area contributed by atoms with Crippen molar-refractivity contribution in [1.82, 2.24) is 15.1 Å². The number of esters is 1. The van der Waals surface area contributed by atoms with E-state index in [1.807, 2.05) is 0 Å². The molecule has 0 bridgehead atoms. The zero-order chi connectivity index (χ0) is 19.4. The molecule has 0 spiro atoms. The maximum atomic E-state index is 12.3. The largest absolute Gasteiger partial charge is 0.454 e. The number of carbonyl (C=O) groups is 5. The second kappa shape index (κ2) is 7.77. The summed E-state index contributed by atoms with van der Waals surface area (Å²) < 4.78 is 4.84. The first-order chi connectivity index (χ1) is 12.2. The number of hydrogen-bond donors (Lipinski definition) is 1. The molecule has 1 atom stereocenters. The maximum Gasteiger partial charge on any atom is 0.329 e. The number of ether oxygens (including phenoxy) is 1. The molecule has 0 radical (unpaired) electrons. The van der Waals surface area contributed by atoms with Crippen LogP contribution in [0.1, 0.15) is 27.6 Å². The van der Waals surface area contributed by atoms with Crippen molar-refractivity contribution in [3.05, 3.63) is 35.4 Å². The molecule has 9 heteroatoms. The number of amides is 4. The van der Waals surface area contributed by atoms with Gasteiger partial charge in [-0.3, -0.25) is 24.1 Å². The molecule has 138 valence electrons. The second-order valence-electron chi connectivity index (χ2n) is 5.87. The Hall–Kier alpha value is -3.23. The van der Waals surface area contributed by atoms with Gasteiger partial charge in [0.25, 0.3) is 17.7 Å². The van der Waals surface area contributed by atoms with Gasteiger partial charge in [-0.25, -0.2) is 4.79 Å². The van der Waals surface area contributed by atoms with E-state index in [9.17, 15) is 24.0 Å². The number of fused-ring (bicyclic) bond motifs is 1. The second-order valence-corrected chi connectivity index (χ2v) is 5.87. The van der Waals surface area contributed by atoms with Gasteiger partial charge in [-0.05, 0) is 19.1 Å². The van der Waals surface area contributed by atoms with E-state index in [4.69, 9.17) is 4.74 Å². The first-order valence-corrected chi connectivity index (χ1v) is 7.84. The Morgan fingerprint density at radius 3 is 2.15 bits per heavy atom. The van der Waals surface area contributed by atoms with Crippen molar-refractivity contribution >= 4 is 29.6 Å². The third-order valence-corrected chi connectivity index (χ3v) is 3.83. The zero-order valence-corrected chi connectivity index (χ0v) is 14.6. The number of likely N-dealkylation sites (N-methyl/N-ethyl adjacent to an activating group) is 1. The lowest BCUT2D eigenvalue weighted by Gasteiger charge is -2.20. The number of nitrogens with one attached hydrogen (secondary N) is 1. The summed E-state index contributed by atoms with van der Waals surface area (Å²) in [5.41, 5.74) is 0.439. The molecular weight excluding hydrogens is 342 g/mol. The van der Waals surface area contributed by atoms with E-state index in [1.54, 1.807) is 12.1 Å². The summed E-state index contributed by atoms with van der Waals surface area (Å²) in [6.45, 7) is 0.502. The van der Waals surface area contributed by atoms with Crippen LogP contribution < -0.4 is 5.32 Å². The molecule has 0 unspecified atom stereocenters. The number of carbonyl (C=O) groups excluding carboxylic acids is 5. The summed E-state index contributed by atoms with van der Waals surface area (Å²) >= 11 is 0. The van der Waals surface area contributed by atoms with E-state index < -0.39 is 36.3 Å². The predicted molar refractivity (Wildman–Crippen MR) is 89.1 cm³/mol. The van der Waals surface area contributed by atoms with Crippen LogP contribution in [-0.4, -0.2) is 72.7 Å². The van der Waals surface area contributed by atoms with Crippen LogP contribution >= 0.6 is 0 Å². The van der Waals surface area contributed by atoms with E-state index in [0.29, 0.717) is 0 Å². The highest BCUT2D eigenvalue weighted by atomic mass is 16.5. The molecule has 0 fully saturated rings. The molecule has 1 aliphatic rings. The molecule has 2 rings (SSSR count). The first-order valence-electron chi connectivity index (χ1n) is 7.84. The summed E-state index contributed by atoms with van der Waals surface area (Å²) in [5.74, 6) is -3.05. The fraction of sp³-hybridized carbons (Fsp3) is 0.353. The molecule has 1 N–H and O–H groups in total. The van der Waals surface area contributed by atoms with E-state index in [2.05, 4.69) is 5.32 Å². The predicted octanol–water partition coefficient (Wildman–Crippen LogP) is -0.581.